The maximum Gasteiger partial charge on any atom is 0.326 e. The van der Waals surface area contributed by atoms with Gasteiger partial charge in [-0.15, -0.1) is 0 Å². The topological polar surface area (TPSA) is 92.4 Å². The minimum Gasteiger partial charge on any atom is -0.480 e. The number of carbonyl (C=O) groups is 2. The van der Waals surface area contributed by atoms with E-state index >= 15 is 0 Å². The van der Waals surface area contributed by atoms with Crippen LogP contribution >= 0.6 is 0 Å². The fourth-order valence-corrected chi connectivity index (χ4v) is 1.53. The van der Waals surface area contributed by atoms with Crippen LogP contribution in [0.1, 0.15) is 35.2 Å². The first-order valence-corrected chi connectivity index (χ1v) is 5.55. The fourth-order valence-electron chi connectivity index (χ4n) is 1.53. The van der Waals surface area contributed by atoms with Gasteiger partial charge >= 0.3 is 5.97 Å². The molecule has 0 radical (unpaired) electrons. The first-order chi connectivity index (χ1) is 8.47. The summed E-state index contributed by atoms with van der Waals surface area (Å²) in [5.41, 5.74) is 0.738. The summed E-state index contributed by atoms with van der Waals surface area (Å²) in [4.78, 5) is 22.9. The molecule has 1 rings (SSSR count). The Morgan fingerprint density at radius 1 is 1.50 bits per heavy atom. The van der Waals surface area contributed by atoms with Crippen molar-refractivity contribution in [3.05, 3.63) is 29.2 Å². The normalized spacial score (nSPS) is 12.6. The molecule has 1 aromatic heterocycles. The van der Waals surface area contributed by atoms with Gasteiger partial charge in [-0.05, 0) is 27.2 Å². The highest BCUT2D eigenvalue weighted by molar-refractivity contribution is 5.98. The van der Waals surface area contributed by atoms with Gasteiger partial charge in [0.15, 0.2) is 0 Å². The average molecular weight is 252 g/mol. The number of amides is 1. The zero-order chi connectivity index (χ0) is 13.7. The van der Waals surface area contributed by atoms with E-state index in [0.29, 0.717) is 17.0 Å². The lowest BCUT2D eigenvalue weighted by molar-refractivity contribution is -0.139. The molecule has 6 nitrogen and oxygen atoms in total. The molecule has 0 aliphatic carbocycles. The quantitative estimate of drug-likeness (QED) is 0.773. The molecule has 0 aromatic carbocycles. The number of carboxylic acids is 1. The van der Waals surface area contributed by atoms with E-state index in [1.54, 1.807) is 32.9 Å². The van der Waals surface area contributed by atoms with Crippen LogP contribution in [0, 0.1) is 13.8 Å². The summed E-state index contributed by atoms with van der Waals surface area (Å²) in [6.45, 7) is 5.03. The number of nitrogens with one attached hydrogen (secondary N) is 1. The van der Waals surface area contributed by atoms with Gasteiger partial charge in [-0.1, -0.05) is 17.3 Å². The van der Waals surface area contributed by atoms with E-state index in [0.717, 1.165) is 0 Å². The van der Waals surface area contributed by atoms with Gasteiger partial charge in [0.1, 0.15) is 17.4 Å². The molecule has 0 spiro atoms. The highest BCUT2D eigenvalue weighted by atomic mass is 16.5. The summed E-state index contributed by atoms with van der Waals surface area (Å²) >= 11 is 0. The third-order valence-corrected chi connectivity index (χ3v) is 2.47. The lowest BCUT2D eigenvalue weighted by Gasteiger charge is -2.12. The Morgan fingerprint density at radius 2 is 2.17 bits per heavy atom. The molecule has 1 unspecified atom stereocenters. The highest BCUT2D eigenvalue weighted by Gasteiger charge is 2.23. The Hall–Kier alpha value is -2.11. The molecule has 0 aliphatic heterocycles. The lowest BCUT2D eigenvalue weighted by atomic mass is 10.1. The Kier molecular flexibility index (Phi) is 4.65. The third-order valence-electron chi connectivity index (χ3n) is 2.47. The van der Waals surface area contributed by atoms with Crippen molar-refractivity contribution in [2.24, 2.45) is 0 Å². The third kappa shape index (κ3) is 3.19. The smallest absolute Gasteiger partial charge is 0.326 e. The molecule has 0 saturated carbocycles. The van der Waals surface area contributed by atoms with Gasteiger partial charge < -0.3 is 14.9 Å². The second kappa shape index (κ2) is 6.00. The number of carboxylic acid groups (broad SMARTS) is 1. The molecule has 6 heteroatoms. The fraction of sp³-hybridized carbons (Fsp3) is 0.417. The molecule has 98 valence electrons. The Bertz CT molecular complexity index is 457. The van der Waals surface area contributed by atoms with E-state index in [1.165, 1.54) is 0 Å². The maximum atomic E-state index is 11.9. The molecule has 0 bridgehead atoms. The predicted octanol–water partition coefficient (Wildman–Crippen LogP) is 1.44. The van der Waals surface area contributed by atoms with Crippen LogP contribution in [-0.2, 0) is 4.79 Å². The Balaban J connectivity index is 2.82. The molecule has 2 N–H and O–H groups in total. The van der Waals surface area contributed by atoms with Crippen molar-refractivity contribution in [2.45, 2.75) is 33.2 Å². The molecular formula is C12H16N2O4. The summed E-state index contributed by atoms with van der Waals surface area (Å²) in [6.07, 6.45) is 3.66. The molecule has 1 amide bonds. The van der Waals surface area contributed by atoms with Crippen LogP contribution in [0.5, 0.6) is 0 Å². The van der Waals surface area contributed by atoms with E-state index in [1.807, 2.05) is 0 Å². The number of aromatic nitrogens is 1. The SMILES string of the molecule is C/C=C/CC(NC(=O)c1c(C)noc1C)C(=O)O. The summed E-state index contributed by atoms with van der Waals surface area (Å²) in [6, 6.07) is -0.956. The highest BCUT2D eigenvalue weighted by Crippen LogP contribution is 2.12. The number of hydrogen-bond acceptors (Lipinski definition) is 4. The minimum atomic E-state index is -1.08. The van der Waals surface area contributed by atoms with E-state index < -0.39 is 17.9 Å². The molecule has 1 atom stereocenters. The van der Waals surface area contributed by atoms with Crippen LogP contribution in [0.25, 0.3) is 0 Å². The molecule has 0 saturated heterocycles. The van der Waals surface area contributed by atoms with Gasteiger partial charge in [0, 0.05) is 0 Å². The van der Waals surface area contributed by atoms with Crippen LogP contribution in [0.4, 0.5) is 0 Å². The minimum absolute atomic E-state index is 0.237. The molecule has 18 heavy (non-hydrogen) atoms. The Labute approximate surface area is 105 Å². The monoisotopic (exact) mass is 252 g/mol. The summed E-state index contributed by atoms with van der Waals surface area (Å²) < 4.78 is 4.87. The number of nitrogens with zero attached hydrogens (tertiary/aromatic N) is 1. The second-order valence-corrected chi connectivity index (χ2v) is 3.87. The van der Waals surface area contributed by atoms with Gasteiger partial charge in [0.25, 0.3) is 5.91 Å². The van der Waals surface area contributed by atoms with Crippen LogP contribution in [0.15, 0.2) is 16.7 Å². The second-order valence-electron chi connectivity index (χ2n) is 3.87. The molecule has 1 heterocycles. The van der Waals surface area contributed by atoms with Crippen LogP contribution in [0.2, 0.25) is 0 Å². The van der Waals surface area contributed by atoms with Gasteiger partial charge in [0.05, 0.1) is 5.69 Å². The van der Waals surface area contributed by atoms with Gasteiger partial charge in [-0.3, -0.25) is 4.79 Å². The van der Waals surface area contributed by atoms with Gasteiger partial charge in [0.2, 0.25) is 0 Å². The summed E-state index contributed by atoms with van der Waals surface area (Å²) in [5, 5.41) is 15.1. The average Bonchev–Trinajstić information content (AvgIpc) is 2.63. The zero-order valence-corrected chi connectivity index (χ0v) is 10.6. The van der Waals surface area contributed by atoms with Gasteiger partial charge in [-0.25, -0.2) is 4.79 Å². The van der Waals surface area contributed by atoms with Crippen LogP contribution < -0.4 is 5.32 Å². The summed E-state index contributed by atoms with van der Waals surface area (Å²) in [5.74, 6) is -1.18. The number of aryl methyl sites for hydroxylation is 2. The largest absolute Gasteiger partial charge is 0.480 e. The molecular weight excluding hydrogens is 236 g/mol. The lowest BCUT2D eigenvalue weighted by Crippen LogP contribution is -2.40. The first-order valence-electron chi connectivity index (χ1n) is 5.55. The zero-order valence-electron chi connectivity index (χ0n) is 10.6. The first kappa shape index (κ1) is 14.0. The van der Waals surface area contributed by atoms with Crippen LogP contribution in [0.3, 0.4) is 0 Å². The van der Waals surface area contributed by atoms with E-state index in [9.17, 15) is 9.59 Å². The number of aliphatic carboxylic acids is 1. The van der Waals surface area contributed by atoms with Crippen LogP contribution in [-0.4, -0.2) is 28.2 Å². The number of carbonyl (C=O) groups excluding carboxylic acids is 1. The number of hydrogen-bond donors (Lipinski definition) is 2. The summed E-state index contributed by atoms with van der Waals surface area (Å²) in [7, 11) is 0. The Morgan fingerprint density at radius 3 is 2.61 bits per heavy atom. The van der Waals surface area contributed by atoms with Crippen molar-refractivity contribution in [2.75, 3.05) is 0 Å². The van der Waals surface area contributed by atoms with Crippen molar-refractivity contribution in [1.29, 1.82) is 0 Å². The number of rotatable bonds is 5. The maximum absolute atomic E-state index is 11.9. The predicted molar refractivity (Wildman–Crippen MR) is 64.3 cm³/mol. The van der Waals surface area contributed by atoms with E-state index in [2.05, 4.69) is 10.5 Å². The van der Waals surface area contributed by atoms with Crippen molar-refractivity contribution in [3.63, 3.8) is 0 Å². The number of allylic oxidation sites excluding steroid dienone is 1. The van der Waals surface area contributed by atoms with E-state index in [-0.39, 0.29) is 6.42 Å². The van der Waals surface area contributed by atoms with Crippen molar-refractivity contribution in [1.82, 2.24) is 10.5 Å². The van der Waals surface area contributed by atoms with Crippen molar-refractivity contribution in [3.8, 4) is 0 Å². The van der Waals surface area contributed by atoms with Gasteiger partial charge in [-0.2, -0.15) is 0 Å². The van der Waals surface area contributed by atoms with E-state index in [4.69, 9.17) is 9.63 Å². The van der Waals surface area contributed by atoms with Crippen molar-refractivity contribution < 1.29 is 19.2 Å². The van der Waals surface area contributed by atoms with Crippen molar-refractivity contribution >= 4 is 11.9 Å². The standard InChI is InChI=1S/C12H16N2O4/c1-4-5-6-9(12(16)17)13-11(15)10-7(2)14-18-8(10)3/h4-5,9H,6H2,1-3H3,(H,13,15)(H,16,17)/b5-4+. The molecule has 0 aliphatic rings. The molecule has 1 aromatic rings. The molecule has 0 fully saturated rings.